The van der Waals surface area contributed by atoms with Gasteiger partial charge in [-0.1, -0.05) is 0 Å². The maximum absolute atomic E-state index is 12.4. The highest BCUT2D eigenvalue weighted by Crippen LogP contribution is 2.36. The predicted molar refractivity (Wildman–Crippen MR) is 108 cm³/mol. The number of amides is 1. The average molecular weight is 391 g/mol. The minimum absolute atomic E-state index is 0.226. The van der Waals surface area contributed by atoms with Crippen molar-refractivity contribution in [2.75, 3.05) is 13.1 Å². The van der Waals surface area contributed by atoms with Gasteiger partial charge in [0.2, 0.25) is 0 Å². The topological polar surface area (TPSA) is 65.8 Å². The number of ether oxygens (including phenoxy) is 1. The fourth-order valence-electron chi connectivity index (χ4n) is 3.55. The van der Waals surface area contributed by atoms with Gasteiger partial charge in [0.15, 0.2) is 0 Å². The van der Waals surface area contributed by atoms with Crippen LogP contribution in [0, 0.1) is 5.92 Å². The van der Waals surface area contributed by atoms with Crippen molar-refractivity contribution in [3.63, 3.8) is 0 Å². The lowest BCUT2D eigenvalue weighted by molar-refractivity contribution is 0.00578. The molecule has 1 aromatic heterocycles. The molecular formula is C20H34BN3O4. The summed E-state index contributed by atoms with van der Waals surface area (Å²) in [6.45, 7) is 16.1. The molecule has 2 saturated heterocycles. The molecule has 0 bridgehead atoms. The highest BCUT2D eigenvalue weighted by molar-refractivity contribution is 6.61. The van der Waals surface area contributed by atoms with E-state index >= 15 is 0 Å². The lowest BCUT2D eigenvalue weighted by Crippen LogP contribution is -2.43. The molecule has 3 heterocycles. The average Bonchev–Trinajstić information content (AvgIpc) is 3.08. The van der Waals surface area contributed by atoms with E-state index < -0.39 is 12.7 Å². The van der Waals surface area contributed by atoms with Crippen LogP contribution in [0.2, 0.25) is 0 Å². The van der Waals surface area contributed by atoms with Crippen LogP contribution in [0.25, 0.3) is 0 Å². The maximum atomic E-state index is 12.4. The molecular weight excluding hydrogens is 357 g/mol. The third-order valence-electron chi connectivity index (χ3n) is 5.79. The summed E-state index contributed by atoms with van der Waals surface area (Å²) < 4.78 is 19.7. The van der Waals surface area contributed by atoms with E-state index in [4.69, 9.17) is 14.0 Å². The molecule has 0 N–H and O–H groups in total. The van der Waals surface area contributed by atoms with Crippen LogP contribution < -0.4 is 5.46 Å². The van der Waals surface area contributed by atoms with Crippen LogP contribution in [0.4, 0.5) is 4.79 Å². The Bertz CT molecular complexity index is 695. The first kappa shape index (κ1) is 21.2. The van der Waals surface area contributed by atoms with Crippen LogP contribution in [0.5, 0.6) is 0 Å². The molecule has 0 saturated carbocycles. The predicted octanol–water partition coefficient (Wildman–Crippen LogP) is 2.83. The van der Waals surface area contributed by atoms with Crippen molar-refractivity contribution in [3.05, 3.63) is 12.4 Å². The Balaban J connectivity index is 1.59. The molecule has 156 valence electrons. The summed E-state index contributed by atoms with van der Waals surface area (Å²) in [7, 11) is -0.400. The van der Waals surface area contributed by atoms with E-state index in [0.29, 0.717) is 12.5 Å². The Morgan fingerprint density at radius 3 is 2.54 bits per heavy atom. The summed E-state index contributed by atoms with van der Waals surface area (Å²) in [6.07, 6.45) is 5.64. The standard InChI is InChI=1S/C20H34BN3O4/c1-18(2,3)26-17(25)23-10-8-9-15(12-23)13-24-14-16(11-22-24)21-27-19(4,5)20(6,7)28-21/h11,14-15H,8-10,12-13H2,1-7H3/t15-/m0/s1. The first-order chi connectivity index (χ1) is 12.9. The van der Waals surface area contributed by atoms with Crippen molar-refractivity contribution < 1.29 is 18.8 Å². The van der Waals surface area contributed by atoms with Crippen LogP contribution in [0.1, 0.15) is 61.3 Å². The second-order valence-electron chi connectivity index (χ2n) is 10.0. The number of carbonyl (C=O) groups excluding carboxylic acids is 1. The molecule has 0 radical (unpaired) electrons. The van der Waals surface area contributed by atoms with Crippen molar-refractivity contribution in [1.82, 2.24) is 14.7 Å². The Labute approximate surface area is 168 Å². The summed E-state index contributed by atoms with van der Waals surface area (Å²) in [5, 5.41) is 4.50. The van der Waals surface area contributed by atoms with E-state index in [2.05, 4.69) is 5.10 Å². The molecule has 2 aliphatic heterocycles. The van der Waals surface area contributed by atoms with Gasteiger partial charge in [-0.05, 0) is 67.2 Å². The van der Waals surface area contributed by atoms with Crippen molar-refractivity contribution in [2.24, 2.45) is 5.92 Å². The number of hydrogen-bond acceptors (Lipinski definition) is 5. The van der Waals surface area contributed by atoms with Crippen molar-refractivity contribution in [2.45, 2.75) is 84.7 Å². The van der Waals surface area contributed by atoms with Gasteiger partial charge in [-0.2, -0.15) is 5.10 Å². The molecule has 7 nitrogen and oxygen atoms in total. The van der Waals surface area contributed by atoms with Crippen LogP contribution in [0.3, 0.4) is 0 Å². The normalized spacial score (nSPS) is 24.5. The summed E-state index contributed by atoms with van der Waals surface area (Å²) in [5.74, 6) is 0.354. The molecule has 0 unspecified atom stereocenters. The van der Waals surface area contributed by atoms with E-state index in [9.17, 15) is 4.79 Å². The van der Waals surface area contributed by atoms with Crippen molar-refractivity contribution in [3.8, 4) is 0 Å². The monoisotopic (exact) mass is 391 g/mol. The Morgan fingerprint density at radius 2 is 1.93 bits per heavy atom. The van der Waals surface area contributed by atoms with Crippen molar-refractivity contribution >= 4 is 18.7 Å². The minimum Gasteiger partial charge on any atom is -0.444 e. The minimum atomic E-state index is -0.469. The molecule has 8 heteroatoms. The largest absolute Gasteiger partial charge is 0.498 e. The number of carbonyl (C=O) groups is 1. The van der Waals surface area contributed by atoms with Gasteiger partial charge in [-0.3, -0.25) is 4.68 Å². The quantitative estimate of drug-likeness (QED) is 0.742. The highest BCUT2D eigenvalue weighted by atomic mass is 16.7. The van der Waals surface area contributed by atoms with Gasteiger partial charge in [0.25, 0.3) is 0 Å². The van der Waals surface area contributed by atoms with Gasteiger partial charge in [0.1, 0.15) is 5.60 Å². The Kier molecular flexibility index (Phi) is 5.58. The van der Waals surface area contributed by atoms with Gasteiger partial charge < -0.3 is 18.9 Å². The molecule has 0 spiro atoms. The SMILES string of the molecule is CC(C)(C)OC(=O)N1CCC[C@H](Cn2cc(B3OC(C)(C)C(C)(C)O3)cn2)C1. The molecule has 3 rings (SSSR count). The smallest absolute Gasteiger partial charge is 0.444 e. The molecule has 0 aliphatic carbocycles. The summed E-state index contributed by atoms with van der Waals surface area (Å²) in [6, 6.07) is 0. The van der Waals surface area contributed by atoms with Crippen LogP contribution >= 0.6 is 0 Å². The zero-order chi connectivity index (χ0) is 20.7. The first-order valence-electron chi connectivity index (χ1n) is 10.2. The van der Waals surface area contributed by atoms with E-state index in [1.807, 2.05) is 70.4 Å². The number of nitrogens with zero attached hydrogens (tertiary/aromatic N) is 3. The lowest BCUT2D eigenvalue weighted by Gasteiger charge is -2.34. The zero-order valence-corrected chi connectivity index (χ0v) is 18.3. The van der Waals surface area contributed by atoms with Gasteiger partial charge in [-0.15, -0.1) is 0 Å². The number of hydrogen-bond donors (Lipinski definition) is 0. The Hall–Kier alpha value is -1.54. The Morgan fingerprint density at radius 1 is 1.29 bits per heavy atom. The van der Waals surface area contributed by atoms with Gasteiger partial charge >= 0.3 is 13.2 Å². The molecule has 2 aliphatic rings. The fourth-order valence-corrected chi connectivity index (χ4v) is 3.55. The van der Waals surface area contributed by atoms with Crippen molar-refractivity contribution in [1.29, 1.82) is 0 Å². The summed E-state index contributed by atoms with van der Waals surface area (Å²) in [4.78, 5) is 14.2. The van der Waals surface area contributed by atoms with Crippen LogP contribution in [-0.2, 0) is 20.6 Å². The van der Waals surface area contributed by atoms with Crippen LogP contribution in [0.15, 0.2) is 12.4 Å². The van der Waals surface area contributed by atoms with Gasteiger partial charge in [0.05, 0.1) is 11.2 Å². The third-order valence-corrected chi connectivity index (χ3v) is 5.79. The fraction of sp³-hybridized carbons (Fsp3) is 0.800. The number of rotatable bonds is 3. The second kappa shape index (κ2) is 7.37. The summed E-state index contributed by atoms with van der Waals surface area (Å²) in [5.41, 5.74) is -0.267. The van der Waals surface area contributed by atoms with Gasteiger partial charge in [0, 0.05) is 37.5 Å². The molecule has 28 heavy (non-hydrogen) atoms. The van der Waals surface area contributed by atoms with E-state index in [1.54, 1.807) is 0 Å². The highest BCUT2D eigenvalue weighted by Gasteiger charge is 2.52. The van der Waals surface area contributed by atoms with Gasteiger partial charge in [-0.25, -0.2) is 4.79 Å². The molecule has 1 atom stereocenters. The zero-order valence-electron chi connectivity index (χ0n) is 18.3. The van der Waals surface area contributed by atoms with Crippen LogP contribution in [-0.4, -0.2) is 57.8 Å². The van der Waals surface area contributed by atoms with E-state index in [-0.39, 0.29) is 17.3 Å². The van der Waals surface area contributed by atoms with E-state index in [1.165, 1.54) is 0 Å². The lowest BCUT2D eigenvalue weighted by atomic mass is 9.82. The van der Waals surface area contributed by atoms with E-state index in [0.717, 1.165) is 31.4 Å². The number of likely N-dealkylation sites (tertiary alicyclic amines) is 1. The molecule has 1 aromatic rings. The first-order valence-corrected chi connectivity index (χ1v) is 10.2. The molecule has 0 aromatic carbocycles. The number of piperidine rings is 1. The molecule has 2 fully saturated rings. The maximum Gasteiger partial charge on any atom is 0.498 e. The summed E-state index contributed by atoms with van der Waals surface area (Å²) >= 11 is 0. The number of aromatic nitrogens is 2. The molecule has 1 amide bonds. The third kappa shape index (κ3) is 4.71. The second-order valence-corrected chi connectivity index (χ2v) is 10.0.